The number of phenolic OH excluding ortho intramolecular Hbond substituents is 1. The van der Waals surface area contributed by atoms with Crippen molar-refractivity contribution in [2.75, 3.05) is 11.9 Å². The molecule has 2 fully saturated rings. The van der Waals surface area contributed by atoms with Crippen molar-refractivity contribution >= 4 is 5.82 Å². The second kappa shape index (κ2) is 7.55. The Kier molecular flexibility index (Phi) is 4.93. The van der Waals surface area contributed by atoms with Gasteiger partial charge in [0.2, 0.25) is 0 Å². The minimum absolute atomic E-state index is 0.0509. The molecular weight excluding hydrogens is 407 g/mol. The van der Waals surface area contributed by atoms with Gasteiger partial charge in [0, 0.05) is 47.1 Å². The molecule has 2 aliphatic heterocycles. The number of aromatic nitrogens is 4. The predicted molar refractivity (Wildman–Crippen MR) is 122 cm³/mol. The van der Waals surface area contributed by atoms with E-state index in [9.17, 15) is 9.50 Å². The second-order valence-corrected chi connectivity index (χ2v) is 9.89. The Morgan fingerprint density at radius 3 is 2.47 bits per heavy atom. The molecule has 0 amide bonds. The van der Waals surface area contributed by atoms with Crippen molar-refractivity contribution in [2.24, 2.45) is 0 Å². The third-order valence-electron chi connectivity index (χ3n) is 7.16. The molecule has 2 aromatic heterocycles. The van der Waals surface area contributed by atoms with Gasteiger partial charge in [-0.3, -0.25) is 5.10 Å². The monoisotopic (exact) mass is 436 g/mol. The van der Waals surface area contributed by atoms with E-state index in [1.54, 1.807) is 12.3 Å². The van der Waals surface area contributed by atoms with E-state index in [1.807, 2.05) is 6.07 Å². The quantitative estimate of drug-likeness (QED) is 0.566. The fourth-order valence-corrected chi connectivity index (χ4v) is 5.65. The number of halogens is 1. The van der Waals surface area contributed by atoms with E-state index in [2.05, 4.69) is 51.5 Å². The van der Waals surface area contributed by atoms with Gasteiger partial charge in [-0.25, -0.2) is 4.39 Å². The molecule has 3 atom stereocenters. The molecule has 3 aromatic rings. The van der Waals surface area contributed by atoms with E-state index in [0.29, 0.717) is 22.9 Å². The van der Waals surface area contributed by atoms with Crippen LogP contribution in [0.1, 0.15) is 46.0 Å². The van der Waals surface area contributed by atoms with Gasteiger partial charge in [-0.05, 0) is 70.2 Å². The fraction of sp³-hybridized carbons (Fsp3) is 0.458. The standard InChI is InChI=1S/C24H29FN6O/c1-23-7-4-8-24(2,30-23)12-16(11-23)31(3)22-6-5-20(28-29-22)18-9-19(25)17(10-21(18)32)15-13-26-27-14-15/h5-6,9-10,13-14,16,30,32H,4,7-8,11-12H2,1-3H3,(H,26,27)/t16-,23-,24+. The molecule has 4 heterocycles. The molecule has 1 aromatic carbocycles. The van der Waals surface area contributed by atoms with Crippen molar-refractivity contribution in [1.29, 1.82) is 0 Å². The van der Waals surface area contributed by atoms with Crippen molar-refractivity contribution in [2.45, 2.75) is 63.1 Å². The van der Waals surface area contributed by atoms with E-state index in [1.165, 1.54) is 37.6 Å². The number of benzene rings is 1. The van der Waals surface area contributed by atoms with Gasteiger partial charge in [0.15, 0.2) is 5.82 Å². The summed E-state index contributed by atoms with van der Waals surface area (Å²) in [5.74, 6) is 0.274. The molecule has 0 radical (unpaired) electrons. The van der Waals surface area contributed by atoms with Gasteiger partial charge in [-0.1, -0.05) is 0 Å². The first kappa shape index (κ1) is 20.9. The molecule has 2 aliphatic rings. The van der Waals surface area contributed by atoms with Gasteiger partial charge in [-0.2, -0.15) is 5.10 Å². The Morgan fingerprint density at radius 1 is 1.09 bits per heavy atom. The number of nitrogens with zero attached hydrogens (tertiary/aromatic N) is 4. The summed E-state index contributed by atoms with van der Waals surface area (Å²) in [7, 11) is 2.07. The van der Waals surface area contributed by atoms with Crippen molar-refractivity contribution in [3.63, 3.8) is 0 Å². The first-order valence-corrected chi connectivity index (χ1v) is 11.1. The van der Waals surface area contributed by atoms with Crippen LogP contribution in [0.25, 0.3) is 22.4 Å². The first-order chi connectivity index (χ1) is 15.3. The SMILES string of the molecule is CN(c1ccc(-c2cc(F)c(-c3cn[nH]c3)cc2O)nn1)[C@H]1C[C@]2(C)CCC[C@](C)(C1)N2. The highest BCUT2D eigenvalue weighted by molar-refractivity contribution is 5.74. The Balaban J connectivity index is 1.38. The molecule has 2 bridgehead atoms. The maximum Gasteiger partial charge on any atom is 0.151 e. The largest absolute Gasteiger partial charge is 0.507 e. The average Bonchev–Trinajstić information content (AvgIpc) is 3.28. The van der Waals surface area contributed by atoms with Crippen LogP contribution in [-0.2, 0) is 0 Å². The summed E-state index contributed by atoms with van der Waals surface area (Å²) >= 11 is 0. The summed E-state index contributed by atoms with van der Waals surface area (Å²) in [6, 6.07) is 6.74. The molecule has 168 valence electrons. The number of phenols is 1. The lowest BCUT2D eigenvalue weighted by Gasteiger charge is -2.55. The molecular formula is C24H29FN6O. The van der Waals surface area contributed by atoms with Crippen LogP contribution in [0, 0.1) is 5.82 Å². The molecule has 8 heteroatoms. The van der Waals surface area contributed by atoms with Gasteiger partial charge in [0.05, 0.1) is 11.9 Å². The number of fused-ring (bicyclic) bond motifs is 2. The van der Waals surface area contributed by atoms with Crippen LogP contribution in [0.15, 0.2) is 36.7 Å². The summed E-state index contributed by atoms with van der Waals surface area (Å²) in [4.78, 5) is 2.21. The van der Waals surface area contributed by atoms with E-state index in [4.69, 9.17) is 0 Å². The highest BCUT2D eigenvalue weighted by Crippen LogP contribution is 2.42. The van der Waals surface area contributed by atoms with Crippen molar-refractivity contribution in [3.05, 3.63) is 42.5 Å². The Morgan fingerprint density at radius 2 is 1.84 bits per heavy atom. The van der Waals surface area contributed by atoms with Crippen molar-refractivity contribution < 1.29 is 9.50 Å². The van der Waals surface area contributed by atoms with E-state index in [-0.39, 0.29) is 22.4 Å². The molecule has 0 unspecified atom stereocenters. The highest BCUT2D eigenvalue weighted by atomic mass is 19.1. The van der Waals surface area contributed by atoms with Gasteiger partial charge in [-0.15, -0.1) is 10.2 Å². The van der Waals surface area contributed by atoms with Gasteiger partial charge >= 0.3 is 0 Å². The zero-order chi connectivity index (χ0) is 22.5. The zero-order valence-electron chi connectivity index (χ0n) is 18.7. The average molecular weight is 437 g/mol. The van der Waals surface area contributed by atoms with Crippen LogP contribution in [0.2, 0.25) is 0 Å². The summed E-state index contributed by atoms with van der Waals surface area (Å²) < 4.78 is 14.7. The first-order valence-electron chi connectivity index (χ1n) is 11.1. The normalized spacial score (nSPS) is 27.3. The third-order valence-corrected chi connectivity index (χ3v) is 7.16. The number of hydrogen-bond acceptors (Lipinski definition) is 6. The highest BCUT2D eigenvalue weighted by Gasteiger charge is 2.46. The van der Waals surface area contributed by atoms with Crippen LogP contribution >= 0.6 is 0 Å². The van der Waals surface area contributed by atoms with Crippen LogP contribution in [0.4, 0.5) is 10.2 Å². The molecule has 3 N–H and O–H groups in total. The number of hydrogen-bond donors (Lipinski definition) is 3. The van der Waals surface area contributed by atoms with E-state index >= 15 is 0 Å². The molecule has 7 nitrogen and oxygen atoms in total. The maximum atomic E-state index is 14.7. The lowest BCUT2D eigenvalue weighted by Crippen LogP contribution is -2.66. The Labute approximate surface area is 187 Å². The topological polar surface area (TPSA) is 90.0 Å². The van der Waals surface area contributed by atoms with Gasteiger partial charge in [0.1, 0.15) is 11.6 Å². The minimum atomic E-state index is -0.454. The molecule has 0 saturated carbocycles. The summed E-state index contributed by atoms with van der Waals surface area (Å²) in [5.41, 5.74) is 1.89. The number of H-pyrrole nitrogens is 1. The number of aromatic amines is 1. The number of nitrogens with one attached hydrogen (secondary N) is 2. The summed E-state index contributed by atoms with van der Waals surface area (Å²) in [5, 5.41) is 29.6. The molecule has 5 rings (SSSR count). The van der Waals surface area contributed by atoms with Crippen LogP contribution < -0.4 is 10.2 Å². The van der Waals surface area contributed by atoms with Gasteiger partial charge < -0.3 is 15.3 Å². The van der Waals surface area contributed by atoms with Crippen LogP contribution in [-0.4, -0.2) is 49.7 Å². The predicted octanol–water partition coefficient (Wildman–Crippen LogP) is 4.27. The fourth-order valence-electron chi connectivity index (χ4n) is 5.65. The Bertz CT molecular complexity index is 1100. The smallest absolute Gasteiger partial charge is 0.151 e. The number of anilines is 1. The lowest BCUT2D eigenvalue weighted by atomic mass is 9.69. The molecule has 2 saturated heterocycles. The molecule has 32 heavy (non-hydrogen) atoms. The van der Waals surface area contributed by atoms with Gasteiger partial charge in [0.25, 0.3) is 0 Å². The maximum absolute atomic E-state index is 14.7. The summed E-state index contributed by atoms with van der Waals surface area (Å²) in [6.07, 6.45) is 8.86. The van der Waals surface area contributed by atoms with Crippen LogP contribution in [0.5, 0.6) is 5.75 Å². The zero-order valence-corrected chi connectivity index (χ0v) is 18.7. The van der Waals surface area contributed by atoms with Crippen molar-refractivity contribution in [3.8, 4) is 28.1 Å². The van der Waals surface area contributed by atoms with E-state index < -0.39 is 5.82 Å². The van der Waals surface area contributed by atoms with E-state index in [0.717, 1.165) is 18.7 Å². The van der Waals surface area contributed by atoms with Crippen LogP contribution in [0.3, 0.4) is 0 Å². The lowest BCUT2D eigenvalue weighted by molar-refractivity contribution is 0.0784. The minimum Gasteiger partial charge on any atom is -0.507 e. The molecule has 0 aliphatic carbocycles. The summed E-state index contributed by atoms with van der Waals surface area (Å²) in [6.45, 7) is 4.65. The molecule has 0 spiro atoms. The Hall–Kier alpha value is -3.00. The van der Waals surface area contributed by atoms with Crippen molar-refractivity contribution in [1.82, 2.24) is 25.7 Å². The number of aromatic hydroxyl groups is 1. The third kappa shape index (κ3) is 3.72. The number of piperidine rings is 2. The number of rotatable bonds is 4. The second-order valence-electron chi connectivity index (χ2n) is 9.89.